The third kappa shape index (κ3) is 5.88. The topological polar surface area (TPSA) is 118 Å². The summed E-state index contributed by atoms with van der Waals surface area (Å²) in [4.78, 5) is 19.8. The number of ether oxygens (including phenoxy) is 2. The summed E-state index contributed by atoms with van der Waals surface area (Å²) in [5, 5.41) is 24.2. The maximum absolute atomic E-state index is 13.4. The van der Waals surface area contributed by atoms with E-state index in [2.05, 4.69) is 4.98 Å². The Morgan fingerprint density at radius 2 is 2.05 bits per heavy atom. The summed E-state index contributed by atoms with van der Waals surface area (Å²) >= 11 is 6.84. The van der Waals surface area contributed by atoms with Crippen molar-refractivity contribution in [1.82, 2.24) is 9.88 Å². The molecule has 2 aliphatic rings. The van der Waals surface area contributed by atoms with Gasteiger partial charge in [-0.3, -0.25) is 9.78 Å². The van der Waals surface area contributed by atoms with Crippen LogP contribution in [0.5, 0.6) is 0 Å². The van der Waals surface area contributed by atoms with Gasteiger partial charge < -0.3 is 30.3 Å². The van der Waals surface area contributed by atoms with Gasteiger partial charge >= 0.3 is 0 Å². The number of hydrogen-bond acceptors (Lipinski definition) is 7. The fraction of sp³-hybridized carbons (Fsp3) is 0.484. The lowest BCUT2D eigenvalue weighted by molar-refractivity contribution is -0.167. The number of halogens is 1. The highest BCUT2D eigenvalue weighted by molar-refractivity contribution is 6.33. The first-order valence-electron chi connectivity index (χ1n) is 14.0. The number of hydrogen-bond donors (Lipinski definition) is 3. The van der Waals surface area contributed by atoms with Crippen LogP contribution in [0, 0.1) is 5.92 Å². The molecule has 1 amide bonds. The number of nitrogens with zero attached hydrogens (tertiary/aromatic N) is 2. The van der Waals surface area contributed by atoms with Crippen molar-refractivity contribution in [2.45, 2.75) is 56.0 Å². The Bertz CT molecular complexity index is 1330. The number of carbonyl (C=O) groups excluding carboxylic acids is 1. The van der Waals surface area contributed by atoms with Crippen LogP contribution >= 0.6 is 11.6 Å². The molecule has 0 bridgehead atoms. The molecule has 3 aromatic rings. The van der Waals surface area contributed by atoms with Crippen LogP contribution < -0.4 is 5.73 Å². The molecule has 2 unspecified atom stereocenters. The SMILES string of the molecule is COCCCCC(O)(c1cccc(Cl)c1-c1cnc2ccccc2c1)C1CN(C(=O)[C@H]2C[C@@H](N)[C@@H](O)C2)CCO1. The molecule has 214 valence electrons. The first kappa shape index (κ1) is 28.9. The molecule has 2 heterocycles. The van der Waals surface area contributed by atoms with E-state index in [1.807, 2.05) is 48.5 Å². The normalized spacial score (nSPS) is 24.8. The Balaban J connectivity index is 1.51. The van der Waals surface area contributed by atoms with Crippen molar-refractivity contribution in [3.8, 4) is 11.1 Å². The molecule has 1 saturated heterocycles. The lowest BCUT2D eigenvalue weighted by Gasteiger charge is -2.44. The number of pyridine rings is 1. The largest absolute Gasteiger partial charge is 0.391 e. The molecule has 9 heteroatoms. The standard InChI is InChI=1S/C31H38ClN3O5/c1-39-13-5-4-11-31(38,28-19-35(12-14-40-28)30(37)21-16-25(33)27(36)17-21)23-8-6-9-24(32)29(23)22-15-20-7-2-3-10-26(20)34-18-22/h2-3,6-10,15,18,21,25,27-28,36,38H,4-5,11-14,16-17,19,33H2,1H3/t21-,25+,27-,28?,31?/m0/s1. The molecule has 1 aromatic heterocycles. The van der Waals surface area contributed by atoms with Crippen molar-refractivity contribution in [3.05, 3.63) is 65.3 Å². The maximum atomic E-state index is 13.4. The Labute approximate surface area is 240 Å². The summed E-state index contributed by atoms with van der Waals surface area (Å²) in [6.45, 7) is 1.52. The second-order valence-corrected chi connectivity index (χ2v) is 11.4. The summed E-state index contributed by atoms with van der Waals surface area (Å²) in [6.07, 6.45) is 3.08. The van der Waals surface area contributed by atoms with Crippen molar-refractivity contribution in [2.75, 3.05) is 33.4 Å². The summed E-state index contributed by atoms with van der Waals surface area (Å²) in [6, 6.07) is 15.0. The van der Waals surface area contributed by atoms with E-state index in [4.69, 9.17) is 26.8 Å². The number of unbranched alkanes of at least 4 members (excludes halogenated alkanes) is 1. The summed E-state index contributed by atoms with van der Waals surface area (Å²) in [5.74, 6) is -0.379. The molecule has 2 fully saturated rings. The highest BCUT2D eigenvalue weighted by atomic mass is 35.5. The fourth-order valence-corrected chi connectivity index (χ4v) is 6.43. The number of aliphatic hydroxyl groups excluding tert-OH is 1. The van der Waals surface area contributed by atoms with E-state index in [9.17, 15) is 15.0 Å². The van der Waals surface area contributed by atoms with Crippen LogP contribution in [-0.2, 0) is 19.9 Å². The molecule has 5 rings (SSSR count). The van der Waals surface area contributed by atoms with E-state index in [0.717, 1.165) is 22.9 Å². The van der Waals surface area contributed by atoms with E-state index >= 15 is 0 Å². The zero-order valence-electron chi connectivity index (χ0n) is 22.8. The van der Waals surface area contributed by atoms with Crippen molar-refractivity contribution >= 4 is 28.4 Å². The van der Waals surface area contributed by atoms with Gasteiger partial charge in [0.2, 0.25) is 5.91 Å². The van der Waals surface area contributed by atoms with E-state index in [1.54, 1.807) is 18.2 Å². The molecule has 2 aromatic carbocycles. The summed E-state index contributed by atoms with van der Waals surface area (Å²) in [5.41, 5.74) is 7.57. The van der Waals surface area contributed by atoms with Gasteiger partial charge in [0.05, 0.1) is 24.8 Å². The number of aromatic nitrogens is 1. The number of morpholine rings is 1. The number of methoxy groups -OCH3 is 1. The average Bonchev–Trinajstić information content (AvgIpc) is 3.32. The van der Waals surface area contributed by atoms with Crippen LogP contribution in [0.1, 0.15) is 37.7 Å². The predicted molar refractivity (Wildman–Crippen MR) is 155 cm³/mol. The maximum Gasteiger partial charge on any atom is 0.226 e. The fourth-order valence-electron chi connectivity index (χ4n) is 6.14. The van der Waals surface area contributed by atoms with Gasteiger partial charge in [0.25, 0.3) is 0 Å². The predicted octanol–water partition coefficient (Wildman–Crippen LogP) is 3.89. The highest BCUT2D eigenvalue weighted by Gasteiger charge is 2.45. The second-order valence-electron chi connectivity index (χ2n) is 11.0. The van der Waals surface area contributed by atoms with Gasteiger partial charge in [0.15, 0.2) is 0 Å². The lowest BCUT2D eigenvalue weighted by atomic mass is 9.79. The van der Waals surface area contributed by atoms with Crippen molar-refractivity contribution in [1.29, 1.82) is 0 Å². The molecule has 5 atom stereocenters. The van der Waals surface area contributed by atoms with Crippen LogP contribution in [0.3, 0.4) is 0 Å². The van der Waals surface area contributed by atoms with Crippen molar-refractivity contribution in [2.24, 2.45) is 11.7 Å². The van der Waals surface area contributed by atoms with Gasteiger partial charge in [-0.1, -0.05) is 41.9 Å². The van der Waals surface area contributed by atoms with Gasteiger partial charge in [0, 0.05) is 60.0 Å². The molecule has 40 heavy (non-hydrogen) atoms. The quantitative estimate of drug-likeness (QED) is 0.336. The second kappa shape index (κ2) is 12.5. The summed E-state index contributed by atoms with van der Waals surface area (Å²) < 4.78 is 11.5. The number of rotatable bonds is 9. The molecule has 1 aliphatic carbocycles. The van der Waals surface area contributed by atoms with E-state index in [-0.39, 0.29) is 18.4 Å². The van der Waals surface area contributed by atoms with Gasteiger partial charge in [-0.05, 0) is 55.9 Å². The zero-order valence-corrected chi connectivity index (χ0v) is 23.6. The van der Waals surface area contributed by atoms with Gasteiger partial charge in [0.1, 0.15) is 11.7 Å². The zero-order chi connectivity index (χ0) is 28.3. The third-order valence-electron chi connectivity index (χ3n) is 8.35. The number of benzene rings is 2. The van der Waals surface area contributed by atoms with Gasteiger partial charge in [-0.25, -0.2) is 0 Å². The number of fused-ring (bicyclic) bond motifs is 1. The van der Waals surface area contributed by atoms with Gasteiger partial charge in [-0.2, -0.15) is 0 Å². The first-order chi connectivity index (χ1) is 19.3. The number of aliphatic hydroxyl groups is 2. The van der Waals surface area contributed by atoms with E-state index < -0.39 is 23.9 Å². The van der Waals surface area contributed by atoms with Crippen LogP contribution in [0.2, 0.25) is 5.02 Å². The Morgan fingerprint density at radius 3 is 2.83 bits per heavy atom. The highest BCUT2D eigenvalue weighted by Crippen LogP contribution is 2.43. The minimum atomic E-state index is -1.44. The summed E-state index contributed by atoms with van der Waals surface area (Å²) in [7, 11) is 1.66. The Hall–Kier alpha value is -2.59. The Kier molecular flexibility index (Phi) is 9.05. The number of amides is 1. The monoisotopic (exact) mass is 567 g/mol. The number of carbonyl (C=O) groups is 1. The molecule has 0 spiro atoms. The number of para-hydroxylation sites is 1. The lowest BCUT2D eigenvalue weighted by Crippen LogP contribution is -2.55. The molecule has 8 nitrogen and oxygen atoms in total. The van der Waals surface area contributed by atoms with Crippen molar-refractivity contribution in [3.63, 3.8) is 0 Å². The molecular formula is C31H38ClN3O5. The molecule has 1 aliphatic heterocycles. The molecule has 4 N–H and O–H groups in total. The smallest absolute Gasteiger partial charge is 0.226 e. The minimum Gasteiger partial charge on any atom is -0.391 e. The minimum absolute atomic E-state index is 0.0490. The molecular weight excluding hydrogens is 530 g/mol. The van der Waals surface area contributed by atoms with Crippen LogP contribution in [0.25, 0.3) is 22.0 Å². The van der Waals surface area contributed by atoms with Crippen molar-refractivity contribution < 1.29 is 24.5 Å². The average molecular weight is 568 g/mol. The van der Waals surface area contributed by atoms with Crippen LogP contribution in [0.15, 0.2) is 54.7 Å². The third-order valence-corrected chi connectivity index (χ3v) is 8.67. The van der Waals surface area contributed by atoms with Gasteiger partial charge in [-0.15, -0.1) is 0 Å². The van der Waals surface area contributed by atoms with Crippen LogP contribution in [0.4, 0.5) is 0 Å². The first-order valence-corrected chi connectivity index (χ1v) is 14.4. The van der Waals surface area contributed by atoms with Crippen LogP contribution in [-0.4, -0.2) is 77.7 Å². The van der Waals surface area contributed by atoms with E-state index in [0.29, 0.717) is 61.6 Å². The van der Waals surface area contributed by atoms with E-state index in [1.165, 1.54) is 0 Å². The molecule has 1 saturated carbocycles. The Morgan fingerprint density at radius 1 is 1.23 bits per heavy atom. The number of nitrogens with two attached hydrogens (primary N) is 1. The molecule has 0 radical (unpaired) electrons.